The van der Waals surface area contributed by atoms with Crippen LogP contribution < -0.4 is 0 Å². The Morgan fingerprint density at radius 3 is 2.30 bits per heavy atom. The minimum absolute atomic E-state index is 0.0596. The number of rotatable bonds is 4. The van der Waals surface area contributed by atoms with Gasteiger partial charge in [0.25, 0.3) is 0 Å². The first-order valence-corrected chi connectivity index (χ1v) is 14.7. The molecule has 5 rings (SSSR count). The second kappa shape index (κ2) is 9.34. The van der Waals surface area contributed by atoms with E-state index in [9.17, 15) is 14.4 Å². The molecule has 4 nitrogen and oxygen atoms in total. The van der Waals surface area contributed by atoms with Crippen LogP contribution in [-0.2, 0) is 20.7 Å². The van der Waals surface area contributed by atoms with E-state index in [1.54, 1.807) is 7.11 Å². The van der Waals surface area contributed by atoms with Crippen LogP contribution in [0.3, 0.4) is 0 Å². The summed E-state index contributed by atoms with van der Waals surface area (Å²) in [4.78, 5) is 41.6. The quantitative estimate of drug-likeness (QED) is 0.365. The monoisotopic (exact) mass is 540 g/mol. The van der Waals surface area contributed by atoms with E-state index in [2.05, 4.69) is 58.9 Å². The van der Waals surface area contributed by atoms with Gasteiger partial charge in [0.2, 0.25) is 0 Å². The van der Waals surface area contributed by atoms with Gasteiger partial charge in [-0.3, -0.25) is 14.4 Å². The number of ether oxygens (including phenoxy) is 1. The number of Topliss-reactive ketones (excluding diaryl/α,β-unsaturated/α-hetero) is 3. The Labute approximate surface area is 239 Å². The van der Waals surface area contributed by atoms with Gasteiger partial charge in [-0.1, -0.05) is 63.1 Å². The van der Waals surface area contributed by atoms with Crippen molar-refractivity contribution >= 4 is 22.9 Å². The van der Waals surface area contributed by atoms with E-state index >= 15 is 0 Å². The number of fused-ring (bicyclic) bond motifs is 3. The van der Waals surface area contributed by atoms with Crippen molar-refractivity contribution < 1.29 is 19.1 Å². The molecule has 4 heteroatoms. The van der Waals surface area contributed by atoms with Gasteiger partial charge < -0.3 is 4.74 Å². The first kappa shape index (κ1) is 28.7. The summed E-state index contributed by atoms with van der Waals surface area (Å²) in [6.45, 7) is 18.3. The smallest absolute Gasteiger partial charge is 0.190 e. The summed E-state index contributed by atoms with van der Waals surface area (Å²) in [5, 5.41) is 0. The zero-order chi connectivity index (χ0) is 29.5. The molecule has 212 valence electrons. The highest BCUT2D eigenvalue weighted by Crippen LogP contribution is 2.66. The number of hydrogen-bond donors (Lipinski definition) is 0. The largest absolute Gasteiger partial charge is 0.377 e. The maximum Gasteiger partial charge on any atom is 0.190 e. The van der Waals surface area contributed by atoms with Crippen LogP contribution in [0.2, 0.25) is 0 Å². The zero-order valence-electron chi connectivity index (χ0n) is 25.9. The fourth-order valence-electron chi connectivity index (χ4n) is 8.80. The zero-order valence-corrected chi connectivity index (χ0v) is 25.9. The van der Waals surface area contributed by atoms with Crippen LogP contribution in [0.15, 0.2) is 46.6 Å². The number of allylic oxidation sites excluding steroid dienone is 6. The minimum Gasteiger partial charge on any atom is -0.377 e. The maximum atomic E-state index is 14.8. The van der Waals surface area contributed by atoms with Crippen molar-refractivity contribution in [1.82, 2.24) is 0 Å². The lowest BCUT2D eigenvalue weighted by Crippen LogP contribution is -2.57. The molecule has 4 aliphatic carbocycles. The summed E-state index contributed by atoms with van der Waals surface area (Å²) in [6.07, 6.45) is 9.48. The van der Waals surface area contributed by atoms with Gasteiger partial charge in [-0.25, -0.2) is 0 Å². The van der Waals surface area contributed by atoms with Gasteiger partial charge in [0, 0.05) is 23.7 Å². The van der Waals surface area contributed by atoms with Gasteiger partial charge in [-0.2, -0.15) is 0 Å². The first-order chi connectivity index (χ1) is 18.6. The Kier molecular flexibility index (Phi) is 6.69. The number of hydrogen-bond acceptors (Lipinski definition) is 4. The lowest BCUT2D eigenvalue weighted by atomic mass is 9.42. The Bertz CT molecular complexity index is 1490. The van der Waals surface area contributed by atoms with E-state index in [0.29, 0.717) is 12.0 Å². The summed E-state index contributed by atoms with van der Waals surface area (Å²) in [5.41, 5.74) is 7.64. The average molecular weight is 541 g/mol. The molecular weight excluding hydrogens is 496 g/mol. The molecule has 0 aliphatic heterocycles. The molecule has 1 aromatic carbocycles. The van der Waals surface area contributed by atoms with E-state index in [0.717, 1.165) is 58.2 Å². The van der Waals surface area contributed by atoms with Gasteiger partial charge in [0.1, 0.15) is 0 Å². The molecule has 0 saturated heterocycles. The van der Waals surface area contributed by atoms with Crippen molar-refractivity contribution in [3.05, 3.63) is 74.4 Å². The van der Waals surface area contributed by atoms with Gasteiger partial charge >= 0.3 is 0 Å². The Morgan fingerprint density at radius 2 is 1.75 bits per heavy atom. The molecule has 0 aromatic heterocycles. The normalized spacial score (nSPS) is 31.8. The average Bonchev–Trinajstić information content (AvgIpc) is 2.85. The molecular formula is C36H44O4. The van der Waals surface area contributed by atoms with Crippen LogP contribution in [0.25, 0.3) is 5.57 Å². The number of ketones is 3. The molecule has 4 aliphatic rings. The highest BCUT2D eigenvalue weighted by molar-refractivity contribution is 6.24. The van der Waals surface area contributed by atoms with Crippen molar-refractivity contribution in [3.63, 3.8) is 0 Å². The van der Waals surface area contributed by atoms with Gasteiger partial charge in [-0.05, 0) is 99.5 Å². The molecule has 4 atom stereocenters. The summed E-state index contributed by atoms with van der Waals surface area (Å²) >= 11 is 0. The Hall–Kier alpha value is -2.85. The third-order valence-electron chi connectivity index (χ3n) is 10.9. The number of benzene rings is 1. The molecule has 0 bridgehead atoms. The van der Waals surface area contributed by atoms with Gasteiger partial charge in [0.15, 0.2) is 17.3 Å². The molecule has 1 aromatic rings. The van der Waals surface area contributed by atoms with E-state index in [1.807, 2.05) is 20.8 Å². The van der Waals surface area contributed by atoms with Crippen LogP contribution in [0.5, 0.6) is 0 Å². The van der Waals surface area contributed by atoms with Crippen LogP contribution in [-0.4, -0.2) is 30.6 Å². The van der Waals surface area contributed by atoms with Crippen molar-refractivity contribution in [2.45, 2.75) is 100 Å². The summed E-state index contributed by atoms with van der Waals surface area (Å²) < 4.78 is 5.51. The third kappa shape index (κ3) is 3.78. The Morgan fingerprint density at radius 1 is 1.07 bits per heavy atom. The molecule has 0 heterocycles. The number of methoxy groups -OCH3 is 1. The van der Waals surface area contributed by atoms with Crippen molar-refractivity contribution in [2.75, 3.05) is 7.11 Å². The second-order valence-electron chi connectivity index (χ2n) is 13.8. The first-order valence-electron chi connectivity index (χ1n) is 14.7. The highest BCUT2D eigenvalue weighted by Gasteiger charge is 2.63. The van der Waals surface area contributed by atoms with Crippen LogP contribution in [0, 0.1) is 23.2 Å². The van der Waals surface area contributed by atoms with Gasteiger partial charge in [-0.15, -0.1) is 0 Å². The fourth-order valence-corrected chi connectivity index (χ4v) is 8.80. The third-order valence-corrected chi connectivity index (χ3v) is 10.9. The van der Waals surface area contributed by atoms with Crippen LogP contribution in [0.4, 0.5) is 0 Å². The molecule has 4 unspecified atom stereocenters. The maximum absolute atomic E-state index is 14.8. The molecule has 0 amide bonds. The van der Waals surface area contributed by atoms with E-state index < -0.39 is 5.41 Å². The second-order valence-corrected chi connectivity index (χ2v) is 13.8. The van der Waals surface area contributed by atoms with Crippen LogP contribution >= 0.6 is 0 Å². The van der Waals surface area contributed by atoms with Crippen molar-refractivity contribution in [1.29, 1.82) is 0 Å². The van der Waals surface area contributed by atoms with Gasteiger partial charge in [0.05, 0.1) is 17.1 Å². The number of carbonyl (C=O) groups excluding carboxylic acids is 3. The predicted molar refractivity (Wildman–Crippen MR) is 160 cm³/mol. The molecule has 0 radical (unpaired) electrons. The molecule has 0 fully saturated rings. The summed E-state index contributed by atoms with van der Waals surface area (Å²) in [5.74, 6) is 0.0312. The van der Waals surface area contributed by atoms with E-state index in [4.69, 9.17) is 4.74 Å². The van der Waals surface area contributed by atoms with Crippen LogP contribution in [0.1, 0.15) is 113 Å². The molecule has 0 saturated carbocycles. The van der Waals surface area contributed by atoms with E-state index in [1.165, 1.54) is 18.1 Å². The summed E-state index contributed by atoms with van der Waals surface area (Å²) in [7, 11) is 1.73. The van der Waals surface area contributed by atoms with E-state index in [-0.39, 0.29) is 40.2 Å². The topological polar surface area (TPSA) is 60.4 Å². The molecule has 0 N–H and O–H groups in total. The Balaban J connectivity index is 1.75. The lowest BCUT2D eigenvalue weighted by Gasteiger charge is -2.59. The summed E-state index contributed by atoms with van der Waals surface area (Å²) in [6, 6.07) is 2.31. The molecule has 40 heavy (non-hydrogen) atoms. The highest BCUT2D eigenvalue weighted by atomic mass is 16.5. The fraction of sp³-hybridized carbons (Fsp3) is 0.528. The van der Waals surface area contributed by atoms with Crippen molar-refractivity contribution in [2.24, 2.45) is 16.2 Å². The standard InChI is InChI=1S/C36H44O4/c1-19(2)26-15-27(24-11-13-25(40-10)14-12-24)21(4)30-28(26)17-34(7)18-35(8)16-20(3)29(23(6)37)33(39)36(35,9)22(5)31(34)32(30)38/h11-13,15,19,25H,14,16-18H2,1-10H3. The predicted octanol–water partition coefficient (Wildman–Crippen LogP) is 7.83. The molecule has 0 spiro atoms. The number of carbonyl (C=O) groups is 3. The minimum atomic E-state index is -0.897. The lowest BCUT2D eigenvalue weighted by molar-refractivity contribution is -0.134. The SMILES string of the molecule is COC1C=CC(c2cc(C(C)C)c3c(c2C)C(=O)C2=C(C)C4(C)C(=O)C(C(C)=O)=C(C)CC4(C)CC2(C)C3)=CC1. The van der Waals surface area contributed by atoms with Crippen molar-refractivity contribution in [3.8, 4) is 0 Å².